The zero-order valence-corrected chi connectivity index (χ0v) is 12.0. The molecule has 6 heteroatoms. The zero-order valence-electron chi connectivity index (χ0n) is 12.0. The zero-order chi connectivity index (χ0) is 15.1. The van der Waals surface area contributed by atoms with E-state index in [9.17, 15) is 14.7 Å². The number of hydrogen-bond acceptors (Lipinski definition) is 4. The normalized spacial score (nSPS) is 30.5. The van der Waals surface area contributed by atoms with Crippen molar-refractivity contribution in [2.75, 3.05) is 5.32 Å². The van der Waals surface area contributed by atoms with Gasteiger partial charge in [-0.05, 0) is 38.5 Å². The van der Waals surface area contributed by atoms with E-state index in [1.54, 1.807) is 6.07 Å². The predicted octanol–water partition coefficient (Wildman–Crippen LogP) is 2.31. The van der Waals surface area contributed by atoms with Gasteiger partial charge in [0.2, 0.25) is 5.91 Å². The quantitative estimate of drug-likeness (QED) is 0.833. The number of carboxylic acid groups (broad SMARTS) is 1. The lowest BCUT2D eigenvalue weighted by Crippen LogP contribution is -2.37. The number of aromatic nitrogens is 1. The van der Waals surface area contributed by atoms with Crippen LogP contribution in [0.4, 0.5) is 5.82 Å². The Balaban J connectivity index is 1.91. The number of carbonyl (C=O) groups excluding carboxylic acids is 1. The van der Waals surface area contributed by atoms with E-state index in [4.69, 9.17) is 0 Å². The minimum atomic E-state index is -0.888. The van der Waals surface area contributed by atoms with Crippen LogP contribution in [0.25, 0.3) is 0 Å². The van der Waals surface area contributed by atoms with Crippen molar-refractivity contribution < 1.29 is 19.2 Å². The Morgan fingerprint density at radius 2 is 1.95 bits per heavy atom. The van der Waals surface area contributed by atoms with Crippen LogP contribution in [-0.2, 0) is 9.59 Å². The van der Waals surface area contributed by atoms with E-state index in [1.807, 2.05) is 13.8 Å². The first-order chi connectivity index (χ1) is 10.0. The van der Waals surface area contributed by atoms with Crippen molar-refractivity contribution in [2.45, 2.75) is 26.7 Å². The highest BCUT2D eigenvalue weighted by molar-refractivity contribution is 5.96. The summed E-state index contributed by atoms with van der Waals surface area (Å²) < 4.78 is 4.68. The molecular weight excluding hydrogens is 272 g/mol. The summed E-state index contributed by atoms with van der Waals surface area (Å²) in [7, 11) is 0. The number of carbonyl (C=O) groups is 2. The summed E-state index contributed by atoms with van der Waals surface area (Å²) >= 11 is 0. The molecule has 0 unspecified atom stereocenters. The highest BCUT2D eigenvalue weighted by atomic mass is 16.5. The topological polar surface area (TPSA) is 92.4 Å². The van der Waals surface area contributed by atoms with E-state index in [0.717, 1.165) is 18.4 Å². The van der Waals surface area contributed by atoms with E-state index < -0.39 is 17.8 Å². The second-order valence-electron chi connectivity index (χ2n) is 6.01. The number of aliphatic carboxylic acids is 1. The van der Waals surface area contributed by atoms with E-state index in [0.29, 0.717) is 5.82 Å². The molecule has 1 heterocycles. The van der Waals surface area contributed by atoms with Crippen LogP contribution < -0.4 is 5.32 Å². The number of anilines is 1. The largest absolute Gasteiger partial charge is 0.481 e. The monoisotopic (exact) mass is 290 g/mol. The molecule has 2 saturated carbocycles. The standard InChI is InChI=1S/C15H18N2O4/c1-7(2)11-8-3-4-9(11)13(15(19)20)12(8)14(18)16-10-5-6-21-17-10/h5-6,8-9,12-13H,3-4H2,1-2H3,(H,19,20)(H,16,17,18)/t8-,9+,12-,13-/m1/s1. The van der Waals surface area contributed by atoms with Gasteiger partial charge in [0.15, 0.2) is 5.82 Å². The maximum Gasteiger partial charge on any atom is 0.307 e. The molecule has 1 aromatic rings. The first kappa shape index (κ1) is 13.9. The minimum absolute atomic E-state index is 0.00874. The summed E-state index contributed by atoms with van der Waals surface area (Å²) in [6, 6.07) is 1.54. The van der Waals surface area contributed by atoms with Gasteiger partial charge in [-0.2, -0.15) is 0 Å². The van der Waals surface area contributed by atoms with Gasteiger partial charge in [0, 0.05) is 6.07 Å². The van der Waals surface area contributed by atoms with Crippen LogP contribution >= 0.6 is 0 Å². The van der Waals surface area contributed by atoms with Crippen molar-refractivity contribution in [3.05, 3.63) is 23.5 Å². The molecule has 0 aromatic carbocycles. The van der Waals surface area contributed by atoms with E-state index in [2.05, 4.69) is 15.0 Å². The molecule has 21 heavy (non-hydrogen) atoms. The van der Waals surface area contributed by atoms with Crippen LogP contribution in [0.1, 0.15) is 26.7 Å². The average molecular weight is 290 g/mol. The second kappa shape index (κ2) is 5.02. The van der Waals surface area contributed by atoms with Gasteiger partial charge >= 0.3 is 5.97 Å². The van der Waals surface area contributed by atoms with Crippen LogP contribution in [0.2, 0.25) is 0 Å². The second-order valence-corrected chi connectivity index (χ2v) is 6.01. The lowest BCUT2D eigenvalue weighted by molar-refractivity contribution is -0.148. The summed E-state index contributed by atoms with van der Waals surface area (Å²) in [5.41, 5.74) is 2.31. The van der Waals surface area contributed by atoms with Gasteiger partial charge in [-0.3, -0.25) is 9.59 Å². The number of carboxylic acids is 1. The molecular formula is C15H18N2O4. The Bertz CT molecular complexity index is 601. The number of nitrogens with zero attached hydrogens (tertiary/aromatic N) is 1. The van der Waals surface area contributed by atoms with Gasteiger partial charge in [-0.25, -0.2) is 0 Å². The Hall–Kier alpha value is -2.11. The Morgan fingerprint density at radius 3 is 2.48 bits per heavy atom. The molecule has 1 aromatic heterocycles. The molecule has 2 aliphatic rings. The predicted molar refractivity (Wildman–Crippen MR) is 74.3 cm³/mol. The van der Waals surface area contributed by atoms with Gasteiger partial charge in [-0.15, -0.1) is 0 Å². The lowest BCUT2D eigenvalue weighted by atomic mass is 9.79. The molecule has 0 saturated heterocycles. The highest BCUT2D eigenvalue weighted by Gasteiger charge is 2.57. The molecule has 2 aliphatic carbocycles. The molecule has 112 valence electrons. The highest BCUT2D eigenvalue weighted by Crippen LogP contribution is 2.57. The molecule has 4 atom stereocenters. The number of nitrogens with one attached hydrogen (secondary N) is 1. The summed E-state index contributed by atoms with van der Waals surface area (Å²) in [5.74, 6) is -1.98. The van der Waals surface area contributed by atoms with Gasteiger partial charge in [0.25, 0.3) is 0 Å². The fourth-order valence-corrected chi connectivity index (χ4v) is 4.09. The first-order valence-corrected chi connectivity index (χ1v) is 7.12. The van der Waals surface area contributed by atoms with Crippen molar-refractivity contribution >= 4 is 17.7 Å². The van der Waals surface area contributed by atoms with Crippen molar-refractivity contribution in [3.8, 4) is 0 Å². The molecule has 1 amide bonds. The summed E-state index contributed by atoms with van der Waals surface area (Å²) in [4.78, 5) is 24.1. The van der Waals surface area contributed by atoms with Gasteiger partial charge in [0.05, 0.1) is 11.8 Å². The molecule has 3 rings (SSSR count). The Labute approximate surface area is 122 Å². The molecule has 6 nitrogen and oxygen atoms in total. The van der Waals surface area contributed by atoms with Crippen LogP contribution in [0.3, 0.4) is 0 Å². The fraction of sp³-hybridized carbons (Fsp3) is 0.533. The van der Waals surface area contributed by atoms with Crippen molar-refractivity contribution in [1.29, 1.82) is 0 Å². The van der Waals surface area contributed by atoms with Crippen LogP contribution in [0.5, 0.6) is 0 Å². The molecule has 0 aliphatic heterocycles. The minimum Gasteiger partial charge on any atom is -0.481 e. The number of rotatable bonds is 3. The van der Waals surface area contributed by atoms with Crippen LogP contribution in [0, 0.1) is 23.7 Å². The van der Waals surface area contributed by atoms with E-state index >= 15 is 0 Å². The number of hydrogen-bond donors (Lipinski definition) is 2. The SMILES string of the molecule is CC(C)=C1[C@H]2CC[C@@H]1[C@@H](C(=O)O)[C@@H]2C(=O)Nc1ccon1. The first-order valence-electron chi connectivity index (χ1n) is 7.12. The van der Waals surface area contributed by atoms with E-state index in [1.165, 1.54) is 11.8 Å². The molecule has 2 bridgehead atoms. The number of amides is 1. The van der Waals surface area contributed by atoms with E-state index in [-0.39, 0.29) is 17.7 Å². The molecule has 2 fully saturated rings. The van der Waals surface area contributed by atoms with Crippen molar-refractivity contribution in [3.63, 3.8) is 0 Å². The lowest BCUT2D eigenvalue weighted by Gasteiger charge is -2.25. The van der Waals surface area contributed by atoms with Crippen molar-refractivity contribution in [1.82, 2.24) is 5.16 Å². The maximum atomic E-state index is 12.5. The summed E-state index contributed by atoms with van der Waals surface area (Å²) in [6.07, 6.45) is 3.11. The molecule has 0 radical (unpaired) electrons. The van der Waals surface area contributed by atoms with Crippen LogP contribution in [0.15, 0.2) is 28.0 Å². The number of allylic oxidation sites excluding steroid dienone is 2. The molecule has 2 N–H and O–H groups in total. The Kier molecular flexibility index (Phi) is 3.31. The van der Waals surface area contributed by atoms with Crippen molar-refractivity contribution in [2.24, 2.45) is 23.7 Å². The van der Waals surface area contributed by atoms with Crippen LogP contribution in [-0.4, -0.2) is 22.1 Å². The van der Waals surface area contributed by atoms with Gasteiger partial charge < -0.3 is 14.9 Å². The Morgan fingerprint density at radius 1 is 1.29 bits per heavy atom. The maximum absolute atomic E-state index is 12.5. The van der Waals surface area contributed by atoms with Gasteiger partial charge in [-0.1, -0.05) is 16.3 Å². The number of fused-ring (bicyclic) bond motifs is 2. The third-order valence-corrected chi connectivity index (χ3v) is 4.70. The third kappa shape index (κ3) is 2.14. The van der Waals surface area contributed by atoms with Gasteiger partial charge in [0.1, 0.15) is 6.26 Å². The fourth-order valence-electron chi connectivity index (χ4n) is 4.09. The summed E-state index contributed by atoms with van der Waals surface area (Å²) in [5, 5.41) is 15.9. The summed E-state index contributed by atoms with van der Waals surface area (Å²) in [6.45, 7) is 3.99. The molecule has 0 spiro atoms. The average Bonchev–Trinajstić information content (AvgIpc) is 3.11. The smallest absolute Gasteiger partial charge is 0.307 e. The third-order valence-electron chi connectivity index (χ3n) is 4.70.